The SMILES string of the molecule is Cc1cc(N2CCNC(C)C2)nc(C(C)C)n1. The van der Waals surface area contributed by atoms with Crippen LogP contribution in [0, 0.1) is 6.92 Å². The first-order chi connectivity index (χ1) is 8.06. The fraction of sp³-hybridized carbons (Fsp3) is 0.692. The van der Waals surface area contributed by atoms with E-state index in [2.05, 4.69) is 47.0 Å². The van der Waals surface area contributed by atoms with Gasteiger partial charge in [-0.25, -0.2) is 9.97 Å². The van der Waals surface area contributed by atoms with Crippen molar-refractivity contribution in [2.24, 2.45) is 0 Å². The molecule has 1 aromatic heterocycles. The molecule has 4 nitrogen and oxygen atoms in total. The van der Waals surface area contributed by atoms with Crippen LogP contribution in [0.25, 0.3) is 0 Å². The number of hydrogen-bond donors (Lipinski definition) is 1. The van der Waals surface area contributed by atoms with Gasteiger partial charge in [-0.3, -0.25) is 0 Å². The minimum absolute atomic E-state index is 0.383. The second-order valence-electron chi connectivity index (χ2n) is 5.18. The van der Waals surface area contributed by atoms with Gasteiger partial charge < -0.3 is 10.2 Å². The molecule has 1 fully saturated rings. The molecule has 0 radical (unpaired) electrons. The summed E-state index contributed by atoms with van der Waals surface area (Å²) in [5, 5.41) is 3.45. The lowest BCUT2D eigenvalue weighted by Gasteiger charge is -2.33. The fourth-order valence-corrected chi connectivity index (χ4v) is 2.14. The topological polar surface area (TPSA) is 41.0 Å². The molecule has 1 unspecified atom stereocenters. The van der Waals surface area contributed by atoms with Crippen molar-refractivity contribution in [2.45, 2.75) is 39.7 Å². The van der Waals surface area contributed by atoms with E-state index >= 15 is 0 Å². The van der Waals surface area contributed by atoms with Crippen LogP contribution in [0.5, 0.6) is 0 Å². The second-order valence-corrected chi connectivity index (χ2v) is 5.18. The van der Waals surface area contributed by atoms with Gasteiger partial charge in [0, 0.05) is 43.4 Å². The molecule has 0 aromatic carbocycles. The molecule has 0 amide bonds. The van der Waals surface area contributed by atoms with E-state index in [0.29, 0.717) is 12.0 Å². The Morgan fingerprint density at radius 3 is 2.82 bits per heavy atom. The molecule has 0 aliphatic carbocycles. The van der Waals surface area contributed by atoms with Crippen molar-refractivity contribution < 1.29 is 0 Å². The van der Waals surface area contributed by atoms with E-state index in [-0.39, 0.29) is 0 Å². The standard InChI is InChI=1S/C13H22N4/c1-9(2)13-15-10(3)7-12(16-13)17-6-5-14-11(4)8-17/h7,9,11,14H,5-6,8H2,1-4H3. The summed E-state index contributed by atoms with van der Waals surface area (Å²) in [6.07, 6.45) is 0. The fourth-order valence-electron chi connectivity index (χ4n) is 2.14. The van der Waals surface area contributed by atoms with Crippen LogP contribution in [0.2, 0.25) is 0 Å². The molecule has 1 atom stereocenters. The van der Waals surface area contributed by atoms with Gasteiger partial charge in [-0.2, -0.15) is 0 Å². The molecule has 1 saturated heterocycles. The number of aromatic nitrogens is 2. The molecule has 4 heteroatoms. The highest BCUT2D eigenvalue weighted by Crippen LogP contribution is 2.18. The van der Waals surface area contributed by atoms with E-state index in [4.69, 9.17) is 0 Å². The lowest BCUT2D eigenvalue weighted by molar-refractivity contribution is 0.481. The van der Waals surface area contributed by atoms with Crippen molar-refractivity contribution in [3.8, 4) is 0 Å². The van der Waals surface area contributed by atoms with Crippen molar-refractivity contribution >= 4 is 5.82 Å². The van der Waals surface area contributed by atoms with E-state index in [1.807, 2.05) is 6.92 Å². The zero-order valence-corrected chi connectivity index (χ0v) is 11.2. The zero-order valence-electron chi connectivity index (χ0n) is 11.2. The average molecular weight is 234 g/mol. The lowest BCUT2D eigenvalue weighted by Crippen LogP contribution is -2.49. The normalized spacial score (nSPS) is 21.0. The third kappa shape index (κ3) is 2.94. The number of aryl methyl sites for hydroxylation is 1. The van der Waals surface area contributed by atoms with Gasteiger partial charge in [0.05, 0.1) is 0 Å². The van der Waals surface area contributed by atoms with Crippen molar-refractivity contribution in [2.75, 3.05) is 24.5 Å². The highest BCUT2D eigenvalue weighted by Gasteiger charge is 2.18. The molecule has 1 aliphatic rings. The van der Waals surface area contributed by atoms with Crippen LogP contribution in [-0.4, -0.2) is 35.6 Å². The Hall–Kier alpha value is -1.16. The Balaban J connectivity index is 2.25. The maximum Gasteiger partial charge on any atom is 0.133 e. The Labute approximate surface area is 103 Å². The summed E-state index contributed by atoms with van der Waals surface area (Å²) in [5.41, 5.74) is 1.06. The molecule has 2 heterocycles. The van der Waals surface area contributed by atoms with Gasteiger partial charge >= 0.3 is 0 Å². The quantitative estimate of drug-likeness (QED) is 0.845. The number of nitrogens with one attached hydrogen (secondary N) is 1. The van der Waals surface area contributed by atoms with Crippen LogP contribution in [-0.2, 0) is 0 Å². The minimum atomic E-state index is 0.383. The summed E-state index contributed by atoms with van der Waals surface area (Å²) >= 11 is 0. The van der Waals surface area contributed by atoms with Crippen LogP contribution in [0.4, 0.5) is 5.82 Å². The maximum absolute atomic E-state index is 4.68. The monoisotopic (exact) mass is 234 g/mol. The van der Waals surface area contributed by atoms with E-state index in [1.54, 1.807) is 0 Å². The molecule has 0 spiro atoms. The Kier molecular flexibility index (Phi) is 3.62. The predicted molar refractivity (Wildman–Crippen MR) is 70.5 cm³/mol. The zero-order chi connectivity index (χ0) is 12.4. The van der Waals surface area contributed by atoms with Crippen LogP contribution < -0.4 is 10.2 Å². The smallest absolute Gasteiger partial charge is 0.133 e. The van der Waals surface area contributed by atoms with Crippen LogP contribution in [0.15, 0.2) is 6.07 Å². The summed E-state index contributed by atoms with van der Waals surface area (Å²) in [6.45, 7) is 11.6. The van der Waals surface area contributed by atoms with Gasteiger partial charge in [0.2, 0.25) is 0 Å². The molecule has 0 bridgehead atoms. The molecule has 17 heavy (non-hydrogen) atoms. The lowest BCUT2D eigenvalue weighted by atomic mass is 10.2. The maximum atomic E-state index is 4.68. The third-order valence-electron chi connectivity index (χ3n) is 3.07. The minimum Gasteiger partial charge on any atom is -0.354 e. The van der Waals surface area contributed by atoms with Gasteiger partial charge in [-0.05, 0) is 13.8 Å². The highest BCUT2D eigenvalue weighted by molar-refractivity contribution is 5.40. The van der Waals surface area contributed by atoms with Gasteiger partial charge in [-0.15, -0.1) is 0 Å². The predicted octanol–water partition coefficient (Wildman–Crippen LogP) is 1.71. The van der Waals surface area contributed by atoms with Gasteiger partial charge in [0.1, 0.15) is 11.6 Å². The summed E-state index contributed by atoms with van der Waals surface area (Å²) < 4.78 is 0. The van der Waals surface area contributed by atoms with Crippen molar-refractivity contribution in [1.82, 2.24) is 15.3 Å². The summed E-state index contributed by atoms with van der Waals surface area (Å²) in [5.74, 6) is 2.41. The second kappa shape index (κ2) is 5.00. The van der Waals surface area contributed by atoms with Crippen LogP contribution in [0.1, 0.15) is 38.2 Å². The van der Waals surface area contributed by atoms with E-state index in [9.17, 15) is 0 Å². The first-order valence-electron chi connectivity index (χ1n) is 6.40. The van der Waals surface area contributed by atoms with Gasteiger partial charge in [-0.1, -0.05) is 13.8 Å². The molecule has 94 valence electrons. The average Bonchev–Trinajstić information content (AvgIpc) is 2.28. The van der Waals surface area contributed by atoms with E-state index < -0.39 is 0 Å². The van der Waals surface area contributed by atoms with Crippen LogP contribution >= 0.6 is 0 Å². The molecule has 1 aromatic rings. The largest absolute Gasteiger partial charge is 0.354 e. The Bertz CT molecular complexity index is 389. The molecular formula is C13H22N4. The number of hydrogen-bond acceptors (Lipinski definition) is 4. The Morgan fingerprint density at radius 2 is 2.18 bits per heavy atom. The van der Waals surface area contributed by atoms with Crippen molar-refractivity contribution in [1.29, 1.82) is 0 Å². The number of piperazine rings is 1. The molecule has 1 N–H and O–H groups in total. The van der Waals surface area contributed by atoms with Crippen molar-refractivity contribution in [3.05, 3.63) is 17.6 Å². The highest BCUT2D eigenvalue weighted by atomic mass is 15.2. The number of nitrogens with zero attached hydrogens (tertiary/aromatic N) is 3. The molecule has 1 aliphatic heterocycles. The third-order valence-corrected chi connectivity index (χ3v) is 3.07. The summed E-state index contributed by atoms with van der Waals surface area (Å²) in [6, 6.07) is 2.62. The summed E-state index contributed by atoms with van der Waals surface area (Å²) in [4.78, 5) is 11.5. The van der Waals surface area contributed by atoms with Gasteiger partial charge in [0.15, 0.2) is 0 Å². The van der Waals surface area contributed by atoms with E-state index in [1.165, 1.54) is 0 Å². The van der Waals surface area contributed by atoms with E-state index in [0.717, 1.165) is 37.0 Å². The molecule has 2 rings (SSSR count). The number of rotatable bonds is 2. The first-order valence-corrected chi connectivity index (χ1v) is 6.40. The Morgan fingerprint density at radius 1 is 1.41 bits per heavy atom. The number of anilines is 1. The van der Waals surface area contributed by atoms with Gasteiger partial charge in [0.25, 0.3) is 0 Å². The summed E-state index contributed by atoms with van der Waals surface area (Å²) in [7, 11) is 0. The molecular weight excluding hydrogens is 212 g/mol. The molecule has 0 saturated carbocycles. The first kappa shape index (κ1) is 12.3. The van der Waals surface area contributed by atoms with Crippen LogP contribution in [0.3, 0.4) is 0 Å². The van der Waals surface area contributed by atoms with Crippen molar-refractivity contribution in [3.63, 3.8) is 0 Å².